The average Bonchev–Trinajstić information content (AvgIpc) is 2.44. The predicted octanol–water partition coefficient (Wildman–Crippen LogP) is 1.59. The molecule has 0 bridgehead atoms. The molecular weight excluding hydrogens is 272 g/mol. The molecule has 0 radical (unpaired) electrons. The largest absolute Gasteiger partial charge is 0.366 e. The van der Waals surface area contributed by atoms with Crippen LogP contribution in [0.25, 0.3) is 0 Å². The van der Waals surface area contributed by atoms with Gasteiger partial charge < -0.3 is 10.6 Å². The van der Waals surface area contributed by atoms with Crippen molar-refractivity contribution >= 4 is 15.5 Å². The number of rotatable bonds is 6. The summed E-state index contributed by atoms with van der Waals surface area (Å²) in [6, 6.07) is 8.49. The van der Waals surface area contributed by atoms with Crippen LogP contribution in [-0.2, 0) is 16.3 Å². The van der Waals surface area contributed by atoms with Crippen LogP contribution in [0.15, 0.2) is 24.3 Å². The highest BCUT2D eigenvalue weighted by Gasteiger charge is 2.25. The molecule has 0 saturated carbocycles. The molecule has 2 rings (SSSR count). The third kappa shape index (κ3) is 3.52. The number of hydrogen-bond donors (Lipinski definition) is 1. The van der Waals surface area contributed by atoms with Gasteiger partial charge in [0.05, 0.1) is 5.75 Å². The molecule has 0 spiro atoms. The predicted molar refractivity (Wildman–Crippen MR) is 83.9 cm³/mol. The Morgan fingerprint density at radius 3 is 2.75 bits per heavy atom. The van der Waals surface area contributed by atoms with Gasteiger partial charge in [-0.3, -0.25) is 0 Å². The molecule has 0 aliphatic carbocycles. The molecule has 1 aliphatic heterocycles. The zero-order valence-electron chi connectivity index (χ0n) is 12.1. The molecule has 4 nitrogen and oxygen atoms in total. The molecule has 0 aromatic heterocycles. The first kappa shape index (κ1) is 15.3. The van der Waals surface area contributed by atoms with Crippen molar-refractivity contribution in [2.45, 2.75) is 32.2 Å². The number of benzene rings is 1. The molecule has 5 heteroatoms. The van der Waals surface area contributed by atoms with Crippen molar-refractivity contribution < 1.29 is 8.42 Å². The molecule has 2 N–H and O–H groups in total. The summed E-state index contributed by atoms with van der Waals surface area (Å²) in [6.07, 6.45) is 2.71. The molecule has 1 heterocycles. The highest BCUT2D eigenvalue weighted by Crippen LogP contribution is 2.30. The third-order valence-corrected chi connectivity index (χ3v) is 5.75. The third-order valence-electron chi connectivity index (χ3n) is 3.92. The molecule has 1 aromatic rings. The Balaban J connectivity index is 2.15. The fourth-order valence-electron chi connectivity index (χ4n) is 2.88. The van der Waals surface area contributed by atoms with Crippen LogP contribution in [0, 0.1) is 0 Å². The van der Waals surface area contributed by atoms with Crippen molar-refractivity contribution in [2.24, 2.45) is 5.73 Å². The van der Waals surface area contributed by atoms with Gasteiger partial charge in [0.2, 0.25) is 0 Å². The molecule has 0 fully saturated rings. The van der Waals surface area contributed by atoms with Gasteiger partial charge in [-0.05, 0) is 30.9 Å². The van der Waals surface area contributed by atoms with E-state index in [2.05, 4.69) is 17.0 Å². The molecule has 20 heavy (non-hydrogen) atoms. The first-order valence-corrected chi connectivity index (χ1v) is 9.14. The number of fused-ring (bicyclic) bond motifs is 1. The maximum absolute atomic E-state index is 11.9. The second kappa shape index (κ2) is 6.59. The van der Waals surface area contributed by atoms with Gasteiger partial charge in [0.25, 0.3) is 0 Å². The Kier molecular flexibility index (Phi) is 5.05. The summed E-state index contributed by atoms with van der Waals surface area (Å²) in [5, 5.41) is 0. The van der Waals surface area contributed by atoms with Gasteiger partial charge in [0.15, 0.2) is 9.84 Å². The maximum Gasteiger partial charge on any atom is 0.152 e. The van der Waals surface area contributed by atoms with Crippen molar-refractivity contribution in [2.75, 3.05) is 29.5 Å². The number of nitrogens with zero attached hydrogens (tertiary/aromatic N) is 1. The van der Waals surface area contributed by atoms with Crippen LogP contribution in [0.2, 0.25) is 0 Å². The molecular formula is C15H24N2O2S. The zero-order chi connectivity index (χ0) is 14.6. The Labute approximate surface area is 121 Å². The number of para-hydroxylation sites is 1. The van der Waals surface area contributed by atoms with Crippen molar-refractivity contribution in [3.63, 3.8) is 0 Å². The van der Waals surface area contributed by atoms with Crippen LogP contribution in [-0.4, -0.2) is 39.1 Å². The highest BCUT2D eigenvalue weighted by molar-refractivity contribution is 7.91. The Morgan fingerprint density at radius 2 is 2.05 bits per heavy atom. The molecule has 1 aromatic carbocycles. The van der Waals surface area contributed by atoms with Gasteiger partial charge in [-0.2, -0.15) is 0 Å². The maximum atomic E-state index is 11.9. The lowest BCUT2D eigenvalue weighted by Gasteiger charge is -2.38. The topological polar surface area (TPSA) is 63.4 Å². The zero-order valence-corrected chi connectivity index (χ0v) is 12.9. The van der Waals surface area contributed by atoms with E-state index in [0.29, 0.717) is 19.5 Å². The highest BCUT2D eigenvalue weighted by atomic mass is 32.2. The Bertz CT molecular complexity index is 543. The summed E-state index contributed by atoms with van der Waals surface area (Å²) in [7, 11) is -2.95. The number of anilines is 1. The standard InChI is InChI=1S/C15H24N2O2S/c1-2-10-20(18,19)11-9-17-14(12-16)8-7-13-5-3-4-6-15(13)17/h3-6,14H,2,7-12,16H2,1H3. The van der Waals surface area contributed by atoms with E-state index in [1.807, 2.05) is 19.1 Å². The molecule has 0 saturated heterocycles. The lowest BCUT2D eigenvalue weighted by Crippen LogP contribution is -2.46. The van der Waals surface area contributed by atoms with E-state index in [9.17, 15) is 8.42 Å². The second-order valence-corrected chi connectivity index (χ2v) is 7.71. The van der Waals surface area contributed by atoms with Crippen molar-refractivity contribution in [1.29, 1.82) is 0 Å². The minimum atomic E-state index is -2.95. The number of aryl methyl sites for hydroxylation is 1. The van der Waals surface area contributed by atoms with Crippen LogP contribution >= 0.6 is 0 Å². The Morgan fingerprint density at radius 1 is 1.30 bits per heavy atom. The summed E-state index contributed by atoms with van der Waals surface area (Å²) < 4.78 is 23.8. The van der Waals surface area contributed by atoms with Crippen LogP contribution in [0.1, 0.15) is 25.3 Å². The monoisotopic (exact) mass is 296 g/mol. The van der Waals surface area contributed by atoms with Gasteiger partial charge in [-0.1, -0.05) is 25.1 Å². The lowest BCUT2D eigenvalue weighted by atomic mass is 9.96. The summed E-state index contributed by atoms with van der Waals surface area (Å²) in [5.74, 6) is 0.488. The number of sulfone groups is 1. The van der Waals surface area contributed by atoms with Gasteiger partial charge in [0, 0.05) is 30.6 Å². The van der Waals surface area contributed by atoms with Gasteiger partial charge in [0.1, 0.15) is 0 Å². The fourth-order valence-corrected chi connectivity index (χ4v) is 4.18. The minimum Gasteiger partial charge on any atom is -0.366 e. The lowest BCUT2D eigenvalue weighted by molar-refractivity contribution is 0.538. The first-order chi connectivity index (χ1) is 9.57. The molecule has 1 atom stereocenters. The average molecular weight is 296 g/mol. The van der Waals surface area contributed by atoms with E-state index in [0.717, 1.165) is 18.5 Å². The molecule has 1 unspecified atom stereocenters. The molecule has 112 valence electrons. The van der Waals surface area contributed by atoms with Crippen LogP contribution in [0.4, 0.5) is 5.69 Å². The van der Waals surface area contributed by atoms with E-state index in [-0.39, 0.29) is 17.5 Å². The summed E-state index contributed by atoms with van der Waals surface area (Å²) >= 11 is 0. The van der Waals surface area contributed by atoms with E-state index in [1.165, 1.54) is 5.56 Å². The normalized spacial score (nSPS) is 18.9. The fraction of sp³-hybridized carbons (Fsp3) is 0.600. The SMILES string of the molecule is CCCS(=O)(=O)CCN1c2ccccc2CCC1CN. The second-order valence-electron chi connectivity index (χ2n) is 5.40. The van der Waals surface area contributed by atoms with E-state index in [4.69, 9.17) is 5.73 Å². The van der Waals surface area contributed by atoms with Crippen LogP contribution in [0.5, 0.6) is 0 Å². The smallest absolute Gasteiger partial charge is 0.152 e. The molecule has 1 aliphatic rings. The number of hydrogen-bond acceptors (Lipinski definition) is 4. The van der Waals surface area contributed by atoms with Crippen molar-refractivity contribution in [3.8, 4) is 0 Å². The van der Waals surface area contributed by atoms with E-state index < -0.39 is 9.84 Å². The van der Waals surface area contributed by atoms with Crippen LogP contribution < -0.4 is 10.6 Å². The Hall–Kier alpha value is -1.07. The van der Waals surface area contributed by atoms with Gasteiger partial charge >= 0.3 is 0 Å². The summed E-state index contributed by atoms with van der Waals surface area (Å²) in [4.78, 5) is 2.19. The van der Waals surface area contributed by atoms with E-state index in [1.54, 1.807) is 0 Å². The van der Waals surface area contributed by atoms with Crippen molar-refractivity contribution in [1.82, 2.24) is 0 Å². The minimum absolute atomic E-state index is 0.214. The van der Waals surface area contributed by atoms with Gasteiger partial charge in [-0.25, -0.2) is 8.42 Å². The van der Waals surface area contributed by atoms with Crippen LogP contribution in [0.3, 0.4) is 0 Å². The van der Waals surface area contributed by atoms with Gasteiger partial charge in [-0.15, -0.1) is 0 Å². The summed E-state index contributed by atoms with van der Waals surface area (Å²) in [5.41, 5.74) is 8.31. The quantitative estimate of drug-likeness (QED) is 0.866. The summed E-state index contributed by atoms with van der Waals surface area (Å²) in [6.45, 7) is 3.01. The number of nitrogens with two attached hydrogens (primary N) is 1. The van der Waals surface area contributed by atoms with Crippen molar-refractivity contribution in [3.05, 3.63) is 29.8 Å². The molecule has 0 amide bonds. The first-order valence-electron chi connectivity index (χ1n) is 7.32. The van der Waals surface area contributed by atoms with E-state index >= 15 is 0 Å².